The van der Waals surface area contributed by atoms with Crippen LogP contribution in [0.2, 0.25) is 0 Å². The number of nitrogens with zero attached hydrogens (tertiary/aromatic N) is 2. The van der Waals surface area contributed by atoms with Gasteiger partial charge in [-0.1, -0.05) is 0 Å². The number of non-ortho nitro benzene ring substituents is 1. The second-order valence-corrected chi connectivity index (χ2v) is 3.83. The molecule has 0 aliphatic heterocycles. The van der Waals surface area contributed by atoms with Gasteiger partial charge in [0, 0.05) is 18.0 Å². The number of nitro groups is 1. The van der Waals surface area contributed by atoms with Gasteiger partial charge in [0.1, 0.15) is 5.82 Å². The van der Waals surface area contributed by atoms with E-state index in [0.717, 1.165) is 11.8 Å². The molecule has 0 bridgehead atoms. The fourth-order valence-corrected chi connectivity index (χ4v) is 1.60. The minimum Gasteiger partial charge on any atom is -0.377 e. The maximum Gasteiger partial charge on any atom is 0.274 e. The number of nitrogens with one attached hydrogen (secondary N) is 2. The maximum absolute atomic E-state index is 13.2. The second-order valence-electron chi connectivity index (χ2n) is 3.83. The molecule has 94 valence electrons. The van der Waals surface area contributed by atoms with Gasteiger partial charge < -0.3 is 5.32 Å². The van der Waals surface area contributed by atoms with E-state index in [9.17, 15) is 14.5 Å². The van der Waals surface area contributed by atoms with E-state index < -0.39 is 10.7 Å². The first-order chi connectivity index (χ1) is 8.56. The average molecular weight is 250 g/mol. The molecule has 2 N–H and O–H groups in total. The standard InChI is InChI=1S/C11H11FN4O2/c1-7(11-2-3-13-15-11)14-9-4-8(12)5-10(6-9)16(17)18/h2-7,14H,1H3,(H,13,15). The number of anilines is 1. The van der Waals surface area contributed by atoms with Gasteiger partial charge in [-0.3, -0.25) is 15.2 Å². The van der Waals surface area contributed by atoms with E-state index in [0.29, 0.717) is 5.69 Å². The largest absolute Gasteiger partial charge is 0.377 e. The van der Waals surface area contributed by atoms with Crippen LogP contribution in [0.3, 0.4) is 0 Å². The second kappa shape index (κ2) is 4.82. The Morgan fingerprint density at radius 2 is 2.28 bits per heavy atom. The monoisotopic (exact) mass is 250 g/mol. The van der Waals surface area contributed by atoms with Gasteiger partial charge in [0.05, 0.1) is 22.7 Å². The SMILES string of the molecule is CC(Nc1cc(F)cc([N+](=O)[O-])c1)c1ccn[nH]1. The Hall–Kier alpha value is -2.44. The third kappa shape index (κ3) is 2.62. The van der Waals surface area contributed by atoms with Gasteiger partial charge in [-0.25, -0.2) is 4.39 Å². The number of H-pyrrole nitrogens is 1. The quantitative estimate of drug-likeness (QED) is 0.645. The van der Waals surface area contributed by atoms with Crippen molar-refractivity contribution in [2.75, 3.05) is 5.32 Å². The lowest BCUT2D eigenvalue weighted by atomic mass is 10.2. The molecule has 0 amide bonds. The predicted molar refractivity (Wildman–Crippen MR) is 63.7 cm³/mol. The molecule has 2 rings (SSSR count). The molecule has 0 aliphatic rings. The number of nitro benzene ring substituents is 1. The lowest BCUT2D eigenvalue weighted by Gasteiger charge is -2.13. The summed E-state index contributed by atoms with van der Waals surface area (Å²) in [5.41, 5.74) is 0.875. The summed E-state index contributed by atoms with van der Waals surface area (Å²) < 4.78 is 13.2. The van der Waals surface area contributed by atoms with Crippen molar-refractivity contribution in [3.63, 3.8) is 0 Å². The molecule has 0 aliphatic carbocycles. The molecule has 0 saturated carbocycles. The first kappa shape index (κ1) is 12.0. The van der Waals surface area contributed by atoms with E-state index >= 15 is 0 Å². The van der Waals surface area contributed by atoms with E-state index in [4.69, 9.17) is 0 Å². The molecular formula is C11H11FN4O2. The smallest absolute Gasteiger partial charge is 0.274 e. The summed E-state index contributed by atoms with van der Waals surface area (Å²) in [4.78, 5) is 9.98. The number of hydrogen-bond donors (Lipinski definition) is 2. The van der Waals surface area contributed by atoms with Crippen LogP contribution < -0.4 is 5.32 Å². The van der Waals surface area contributed by atoms with Crippen LogP contribution in [0.25, 0.3) is 0 Å². The molecule has 1 aromatic heterocycles. The zero-order chi connectivity index (χ0) is 13.1. The van der Waals surface area contributed by atoms with Crippen LogP contribution in [0, 0.1) is 15.9 Å². The van der Waals surface area contributed by atoms with Gasteiger partial charge >= 0.3 is 0 Å². The zero-order valence-electron chi connectivity index (χ0n) is 9.55. The number of rotatable bonds is 4. The lowest BCUT2D eigenvalue weighted by Crippen LogP contribution is -2.07. The van der Waals surface area contributed by atoms with Crippen molar-refractivity contribution in [1.29, 1.82) is 0 Å². The summed E-state index contributed by atoms with van der Waals surface area (Å²) in [6, 6.07) is 4.99. The van der Waals surface area contributed by atoms with Crippen molar-refractivity contribution < 1.29 is 9.31 Å². The Kier molecular flexibility index (Phi) is 3.22. The molecule has 0 radical (unpaired) electrons. The van der Waals surface area contributed by atoms with Crippen molar-refractivity contribution in [1.82, 2.24) is 10.2 Å². The summed E-state index contributed by atoms with van der Waals surface area (Å²) in [5.74, 6) is -0.650. The van der Waals surface area contributed by atoms with Gasteiger partial charge in [0.15, 0.2) is 0 Å². The number of benzene rings is 1. The Morgan fingerprint density at radius 1 is 1.50 bits per heavy atom. The molecule has 1 unspecified atom stereocenters. The van der Waals surface area contributed by atoms with E-state index in [1.165, 1.54) is 12.1 Å². The zero-order valence-corrected chi connectivity index (χ0v) is 9.55. The third-order valence-electron chi connectivity index (χ3n) is 2.47. The molecule has 0 spiro atoms. The van der Waals surface area contributed by atoms with Crippen LogP contribution in [-0.4, -0.2) is 15.1 Å². The first-order valence-corrected chi connectivity index (χ1v) is 5.27. The van der Waals surface area contributed by atoms with E-state index in [1.807, 2.05) is 6.92 Å². The van der Waals surface area contributed by atoms with Crippen molar-refractivity contribution in [3.8, 4) is 0 Å². The van der Waals surface area contributed by atoms with Crippen molar-refractivity contribution in [3.05, 3.63) is 52.1 Å². The summed E-state index contributed by atoms with van der Waals surface area (Å²) in [6.45, 7) is 1.84. The van der Waals surface area contributed by atoms with Crippen molar-refractivity contribution in [2.24, 2.45) is 0 Å². The molecule has 2 aromatic rings. The van der Waals surface area contributed by atoms with E-state index in [-0.39, 0.29) is 11.7 Å². The van der Waals surface area contributed by atoms with Crippen molar-refractivity contribution in [2.45, 2.75) is 13.0 Å². The Balaban J connectivity index is 2.21. The topological polar surface area (TPSA) is 83.8 Å². The van der Waals surface area contributed by atoms with Crippen molar-refractivity contribution >= 4 is 11.4 Å². The van der Waals surface area contributed by atoms with E-state index in [1.54, 1.807) is 12.3 Å². The predicted octanol–water partition coefficient (Wildman–Crippen LogP) is 2.63. The van der Waals surface area contributed by atoms with Crippen LogP contribution in [-0.2, 0) is 0 Å². The van der Waals surface area contributed by atoms with Crippen LogP contribution in [0.15, 0.2) is 30.5 Å². The average Bonchev–Trinajstić information content (AvgIpc) is 2.81. The van der Waals surface area contributed by atoms with Gasteiger partial charge in [-0.2, -0.15) is 5.10 Å². The van der Waals surface area contributed by atoms with Crippen LogP contribution in [0.1, 0.15) is 18.7 Å². The summed E-state index contributed by atoms with van der Waals surface area (Å²) in [5, 5.41) is 20.1. The Bertz CT molecular complexity index is 556. The summed E-state index contributed by atoms with van der Waals surface area (Å²) >= 11 is 0. The molecule has 1 heterocycles. The number of aromatic nitrogens is 2. The highest BCUT2D eigenvalue weighted by molar-refractivity contribution is 5.52. The minimum absolute atomic E-state index is 0.158. The van der Waals surface area contributed by atoms with Gasteiger partial charge in [-0.05, 0) is 19.1 Å². The van der Waals surface area contributed by atoms with Gasteiger partial charge in [-0.15, -0.1) is 0 Å². The molecule has 18 heavy (non-hydrogen) atoms. The fraction of sp³-hybridized carbons (Fsp3) is 0.182. The summed E-state index contributed by atoms with van der Waals surface area (Å²) in [6.07, 6.45) is 1.60. The van der Waals surface area contributed by atoms with Gasteiger partial charge in [0.2, 0.25) is 0 Å². The third-order valence-corrected chi connectivity index (χ3v) is 2.47. The highest BCUT2D eigenvalue weighted by Gasteiger charge is 2.12. The molecule has 1 atom stereocenters. The first-order valence-electron chi connectivity index (χ1n) is 5.27. The molecule has 7 heteroatoms. The minimum atomic E-state index is -0.650. The number of hydrogen-bond acceptors (Lipinski definition) is 4. The van der Waals surface area contributed by atoms with Crippen LogP contribution in [0.5, 0.6) is 0 Å². The summed E-state index contributed by atoms with van der Waals surface area (Å²) in [7, 11) is 0. The highest BCUT2D eigenvalue weighted by atomic mass is 19.1. The molecule has 6 nitrogen and oxygen atoms in total. The highest BCUT2D eigenvalue weighted by Crippen LogP contribution is 2.23. The fourth-order valence-electron chi connectivity index (χ4n) is 1.60. The number of halogens is 1. The van der Waals surface area contributed by atoms with Crippen LogP contribution in [0.4, 0.5) is 15.8 Å². The number of aromatic amines is 1. The normalized spacial score (nSPS) is 12.1. The molecule has 1 aromatic carbocycles. The molecule has 0 saturated heterocycles. The maximum atomic E-state index is 13.2. The molecule has 0 fully saturated rings. The van der Waals surface area contributed by atoms with Gasteiger partial charge in [0.25, 0.3) is 5.69 Å². The Labute approximate surface area is 102 Å². The van der Waals surface area contributed by atoms with E-state index in [2.05, 4.69) is 15.5 Å². The molecular weight excluding hydrogens is 239 g/mol. The van der Waals surface area contributed by atoms with Crippen LogP contribution >= 0.6 is 0 Å². The lowest BCUT2D eigenvalue weighted by molar-refractivity contribution is -0.385. The Morgan fingerprint density at radius 3 is 2.89 bits per heavy atom.